The minimum atomic E-state index is -0.986. The summed E-state index contributed by atoms with van der Waals surface area (Å²) in [6.07, 6.45) is 5.82. The van der Waals surface area contributed by atoms with E-state index >= 15 is 0 Å². The zero-order valence-electron chi connectivity index (χ0n) is 13.5. The molecule has 0 saturated carbocycles. The predicted molar refractivity (Wildman–Crippen MR) is 87.3 cm³/mol. The number of benzene rings is 1. The van der Waals surface area contributed by atoms with Crippen LogP contribution in [0.3, 0.4) is 0 Å². The van der Waals surface area contributed by atoms with Gasteiger partial charge in [0.2, 0.25) is 0 Å². The lowest BCUT2D eigenvalue weighted by molar-refractivity contribution is -0.138. The fraction of sp³-hybridized carbons (Fsp3) is 0.471. The molecule has 0 spiro atoms. The first-order valence-corrected chi connectivity index (χ1v) is 7.79. The highest BCUT2D eigenvalue weighted by Crippen LogP contribution is 2.09. The molecule has 0 amide bonds. The number of aromatic carboxylic acids is 1. The van der Waals surface area contributed by atoms with Gasteiger partial charge in [-0.15, -0.1) is 0 Å². The molecule has 4 N–H and O–H groups in total. The Kier molecular flexibility index (Phi) is 11.5. The Morgan fingerprint density at radius 1 is 0.667 bits per heavy atom. The molecule has 0 aromatic heterocycles. The molecule has 134 valence electrons. The maximum Gasteiger partial charge on any atom is 0.335 e. The first-order chi connectivity index (χ1) is 11.3. The number of hydrogen-bond donors (Lipinski definition) is 4. The molecular formula is C17H24O7. The van der Waals surface area contributed by atoms with E-state index in [-0.39, 0.29) is 24.2 Å². The van der Waals surface area contributed by atoms with Crippen molar-refractivity contribution in [3.05, 3.63) is 29.8 Å². The van der Waals surface area contributed by atoms with Crippen molar-refractivity contribution >= 4 is 17.9 Å². The van der Waals surface area contributed by atoms with Crippen LogP contribution in [0.2, 0.25) is 0 Å². The Hall–Kier alpha value is -2.57. The van der Waals surface area contributed by atoms with Crippen molar-refractivity contribution in [2.24, 2.45) is 0 Å². The van der Waals surface area contributed by atoms with Gasteiger partial charge >= 0.3 is 17.9 Å². The van der Waals surface area contributed by atoms with Crippen molar-refractivity contribution in [2.75, 3.05) is 0 Å². The van der Waals surface area contributed by atoms with E-state index in [0.29, 0.717) is 0 Å². The molecular weight excluding hydrogens is 316 g/mol. The lowest BCUT2D eigenvalue weighted by atomic mass is 10.1. The monoisotopic (exact) mass is 340 g/mol. The molecule has 0 radical (unpaired) electrons. The van der Waals surface area contributed by atoms with Gasteiger partial charge in [-0.25, -0.2) is 4.79 Å². The number of phenols is 1. The second-order valence-electron chi connectivity index (χ2n) is 5.26. The Morgan fingerprint density at radius 3 is 1.38 bits per heavy atom. The molecule has 1 rings (SSSR count). The normalized spacial score (nSPS) is 9.67. The Balaban J connectivity index is 0.000000463. The SMILES string of the molecule is O=C(O)CCCCCCCCC(=O)O.O=C(O)c1ccc(O)cc1. The summed E-state index contributed by atoms with van der Waals surface area (Å²) in [6, 6.07) is 5.36. The molecule has 0 aliphatic carbocycles. The summed E-state index contributed by atoms with van der Waals surface area (Å²) in [6.45, 7) is 0. The van der Waals surface area contributed by atoms with Gasteiger partial charge in [0.1, 0.15) is 5.75 Å². The summed E-state index contributed by atoms with van der Waals surface area (Å²) in [4.78, 5) is 30.5. The lowest BCUT2D eigenvalue weighted by Crippen LogP contribution is -1.94. The van der Waals surface area contributed by atoms with E-state index in [4.69, 9.17) is 20.4 Å². The van der Waals surface area contributed by atoms with Crippen molar-refractivity contribution in [1.29, 1.82) is 0 Å². The molecule has 0 atom stereocenters. The number of aliphatic carboxylic acids is 2. The molecule has 0 aliphatic heterocycles. The fourth-order valence-corrected chi connectivity index (χ4v) is 1.86. The topological polar surface area (TPSA) is 132 Å². The minimum Gasteiger partial charge on any atom is -0.508 e. The Labute approximate surface area is 140 Å². The molecule has 0 fully saturated rings. The minimum absolute atomic E-state index is 0.0741. The maximum atomic E-state index is 10.2. The van der Waals surface area contributed by atoms with Gasteiger partial charge in [0.05, 0.1) is 5.56 Å². The van der Waals surface area contributed by atoms with Crippen molar-refractivity contribution in [3.8, 4) is 5.75 Å². The number of phenolic OH excluding ortho intramolecular Hbond substituents is 1. The van der Waals surface area contributed by atoms with Crippen LogP contribution in [0.5, 0.6) is 5.75 Å². The molecule has 0 aliphatic rings. The van der Waals surface area contributed by atoms with Crippen LogP contribution in [0, 0.1) is 0 Å². The predicted octanol–water partition coefficient (Wildman–Crippen LogP) is 3.37. The average Bonchev–Trinajstić information content (AvgIpc) is 2.50. The first kappa shape index (κ1) is 21.4. The van der Waals surface area contributed by atoms with E-state index in [1.165, 1.54) is 24.3 Å². The zero-order chi connectivity index (χ0) is 18.4. The Morgan fingerprint density at radius 2 is 1.04 bits per heavy atom. The van der Waals surface area contributed by atoms with Crippen LogP contribution in [0.1, 0.15) is 61.7 Å². The molecule has 24 heavy (non-hydrogen) atoms. The van der Waals surface area contributed by atoms with E-state index < -0.39 is 17.9 Å². The van der Waals surface area contributed by atoms with Gasteiger partial charge < -0.3 is 20.4 Å². The second kappa shape index (κ2) is 12.9. The van der Waals surface area contributed by atoms with Crippen molar-refractivity contribution in [1.82, 2.24) is 0 Å². The summed E-state index contributed by atoms with van der Waals surface area (Å²) in [5, 5.41) is 33.8. The summed E-state index contributed by atoms with van der Waals surface area (Å²) < 4.78 is 0. The van der Waals surface area contributed by atoms with E-state index in [0.717, 1.165) is 38.5 Å². The van der Waals surface area contributed by atoms with Crippen molar-refractivity contribution in [3.63, 3.8) is 0 Å². The quantitative estimate of drug-likeness (QED) is 0.480. The van der Waals surface area contributed by atoms with E-state index in [2.05, 4.69) is 0 Å². The standard InChI is InChI=1S/C10H18O4.C7H6O3/c11-9(12)7-5-3-1-2-4-6-8-10(13)14;8-6-3-1-5(2-4-6)7(9)10/h1-8H2,(H,11,12)(H,13,14);1-4,8H,(H,9,10). The van der Waals surface area contributed by atoms with Crippen LogP contribution in [0.4, 0.5) is 0 Å². The molecule has 1 aromatic carbocycles. The third-order valence-electron chi connectivity index (χ3n) is 3.15. The number of carboxylic acid groups (broad SMARTS) is 3. The zero-order valence-corrected chi connectivity index (χ0v) is 13.5. The van der Waals surface area contributed by atoms with Gasteiger partial charge in [-0.1, -0.05) is 25.7 Å². The third kappa shape index (κ3) is 13.1. The number of hydrogen-bond acceptors (Lipinski definition) is 4. The highest BCUT2D eigenvalue weighted by molar-refractivity contribution is 5.87. The van der Waals surface area contributed by atoms with Crippen LogP contribution in [-0.4, -0.2) is 38.3 Å². The van der Waals surface area contributed by atoms with Gasteiger partial charge in [-0.3, -0.25) is 9.59 Å². The smallest absolute Gasteiger partial charge is 0.335 e. The number of unbranched alkanes of at least 4 members (excludes halogenated alkanes) is 5. The van der Waals surface area contributed by atoms with Crippen LogP contribution in [-0.2, 0) is 9.59 Å². The van der Waals surface area contributed by atoms with Crippen LogP contribution >= 0.6 is 0 Å². The highest BCUT2D eigenvalue weighted by Gasteiger charge is 1.99. The molecule has 0 bridgehead atoms. The van der Waals surface area contributed by atoms with Gasteiger partial charge in [0.15, 0.2) is 0 Å². The third-order valence-corrected chi connectivity index (χ3v) is 3.15. The van der Waals surface area contributed by atoms with Gasteiger partial charge in [-0.2, -0.15) is 0 Å². The Bertz CT molecular complexity index is 488. The summed E-state index contributed by atoms with van der Waals surface area (Å²) in [7, 11) is 0. The van der Waals surface area contributed by atoms with Crippen molar-refractivity contribution in [2.45, 2.75) is 51.4 Å². The summed E-state index contributed by atoms with van der Waals surface area (Å²) >= 11 is 0. The van der Waals surface area contributed by atoms with Crippen LogP contribution < -0.4 is 0 Å². The summed E-state index contributed by atoms with van der Waals surface area (Å²) in [5.41, 5.74) is 0.179. The van der Waals surface area contributed by atoms with Gasteiger partial charge in [-0.05, 0) is 37.1 Å². The van der Waals surface area contributed by atoms with Gasteiger partial charge in [0, 0.05) is 12.8 Å². The summed E-state index contributed by atoms with van der Waals surface area (Å²) in [5.74, 6) is -2.39. The number of rotatable bonds is 10. The van der Waals surface area contributed by atoms with E-state index in [1.54, 1.807) is 0 Å². The first-order valence-electron chi connectivity index (χ1n) is 7.79. The fourth-order valence-electron chi connectivity index (χ4n) is 1.86. The average molecular weight is 340 g/mol. The van der Waals surface area contributed by atoms with Crippen molar-refractivity contribution < 1.29 is 34.8 Å². The molecule has 7 nitrogen and oxygen atoms in total. The van der Waals surface area contributed by atoms with Crippen LogP contribution in [0.25, 0.3) is 0 Å². The largest absolute Gasteiger partial charge is 0.508 e. The number of aromatic hydroxyl groups is 1. The van der Waals surface area contributed by atoms with Crippen LogP contribution in [0.15, 0.2) is 24.3 Å². The number of carboxylic acids is 3. The molecule has 0 heterocycles. The van der Waals surface area contributed by atoms with E-state index in [1.807, 2.05) is 0 Å². The second-order valence-corrected chi connectivity index (χ2v) is 5.26. The molecule has 0 saturated heterocycles. The highest BCUT2D eigenvalue weighted by atomic mass is 16.4. The molecule has 0 unspecified atom stereocenters. The van der Waals surface area contributed by atoms with Gasteiger partial charge in [0.25, 0.3) is 0 Å². The maximum absolute atomic E-state index is 10.2. The van der Waals surface area contributed by atoms with E-state index in [9.17, 15) is 14.4 Å². The molecule has 1 aromatic rings. The molecule has 7 heteroatoms. The lowest BCUT2D eigenvalue weighted by Gasteiger charge is -1.98. The number of carbonyl (C=O) groups is 3.